The van der Waals surface area contributed by atoms with Crippen LogP contribution in [0.1, 0.15) is 55.4 Å². The van der Waals surface area contributed by atoms with Crippen molar-refractivity contribution >= 4 is 49.2 Å². The first-order valence-corrected chi connectivity index (χ1v) is 20.1. The number of alkyl carbamates (subject to hydrolysis) is 1. The Kier molecular flexibility index (Phi) is 12.4. The van der Waals surface area contributed by atoms with Gasteiger partial charge in [0.2, 0.25) is 5.91 Å². The number of benzene rings is 4. The lowest BCUT2D eigenvalue weighted by molar-refractivity contribution is -0.124. The number of carbonyl (C=O) groups excluding carboxylic acids is 2. The lowest BCUT2D eigenvalue weighted by atomic mass is 10.2. The Morgan fingerprint density at radius 2 is 1.08 bits per heavy atom. The average Bonchev–Trinajstić information content (AvgIpc) is 3.05. The molecule has 48 heavy (non-hydrogen) atoms. The van der Waals surface area contributed by atoms with Crippen LogP contribution in [0.3, 0.4) is 0 Å². The molecule has 0 aliphatic rings. The Bertz CT molecular complexity index is 1510. The summed E-state index contributed by atoms with van der Waals surface area (Å²) in [7, 11) is -3.83. The van der Waals surface area contributed by atoms with Crippen molar-refractivity contribution in [3.8, 4) is 0 Å². The molecule has 8 heteroatoms. The van der Waals surface area contributed by atoms with Gasteiger partial charge < -0.3 is 19.8 Å². The quantitative estimate of drug-likeness (QED) is 0.133. The Labute approximate surface area is 289 Å². The standard InChI is InChI=1S/C40H51N2O4PSi/c1-30(41-38(44)45-39(3,4)5)37(43)42-36(29-47(32-21-13-9-14-22-32)33-23-15-10-16-24-33)31(2)46-48(40(6,7)8,34-25-17-11-18-26-34)35-27-19-12-20-28-35/h9-28,30-31,36H,29H2,1-8H3,(H,41,44)(H,42,43)/t30-,31-,36-/m0/s1. The molecule has 6 nitrogen and oxygen atoms in total. The van der Waals surface area contributed by atoms with Gasteiger partial charge in [-0.2, -0.15) is 0 Å². The zero-order valence-corrected chi connectivity index (χ0v) is 31.5. The maximum atomic E-state index is 13.9. The summed E-state index contributed by atoms with van der Waals surface area (Å²) in [6.07, 6.45) is -0.367. The molecule has 0 unspecified atom stereocenters. The van der Waals surface area contributed by atoms with Crippen LogP contribution in [0, 0.1) is 0 Å². The van der Waals surface area contributed by atoms with Crippen molar-refractivity contribution < 1.29 is 18.8 Å². The number of carbonyl (C=O) groups is 2. The molecule has 4 aromatic carbocycles. The predicted molar refractivity (Wildman–Crippen MR) is 203 cm³/mol. The van der Waals surface area contributed by atoms with Crippen LogP contribution in [0.5, 0.6) is 0 Å². The van der Waals surface area contributed by atoms with Crippen LogP contribution in [0.2, 0.25) is 5.04 Å². The number of nitrogens with one attached hydrogen (secondary N) is 2. The van der Waals surface area contributed by atoms with Gasteiger partial charge in [0.05, 0.1) is 12.1 Å². The number of hydrogen-bond donors (Lipinski definition) is 2. The molecular formula is C40H51N2O4PSi. The van der Waals surface area contributed by atoms with E-state index in [1.807, 2.05) is 24.3 Å². The van der Waals surface area contributed by atoms with Crippen molar-refractivity contribution in [2.75, 3.05) is 6.16 Å². The van der Waals surface area contributed by atoms with Gasteiger partial charge >= 0.3 is 6.09 Å². The van der Waals surface area contributed by atoms with Gasteiger partial charge in [0.25, 0.3) is 8.32 Å². The normalized spacial score (nSPS) is 14.1. The first-order valence-electron chi connectivity index (χ1n) is 16.7. The van der Waals surface area contributed by atoms with Crippen LogP contribution in [0.4, 0.5) is 4.79 Å². The number of amides is 2. The molecule has 0 saturated carbocycles. The number of hydrogen-bond acceptors (Lipinski definition) is 4. The van der Waals surface area contributed by atoms with Gasteiger partial charge in [0.15, 0.2) is 0 Å². The van der Waals surface area contributed by atoms with Crippen molar-refractivity contribution in [1.82, 2.24) is 10.6 Å². The highest BCUT2D eigenvalue weighted by atomic mass is 31.1. The van der Waals surface area contributed by atoms with Crippen LogP contribution in [-0.4, -0.2) is 50.3 Å². The third kappa shape index (κ3) is 9.43. The van der Waals surface area contributed by atoms with Crippen molar-refractivity contribution in [3.05, 3.63) is 121 Å². The van der Waals surface area contributed by atoms with Gasteiger partial charge in [-0.3, -0.25) is 4.79 Å². The molecule has 254 valence electrons. The number of ether oxygens (including phenoxy) is 1. The lowest BCUT2D eigenvalue weighted by Crippen LogP contribution is -2.69. The molecule has 0 aliphatic heterocycles. The van der Waals surface area contributed by atoms with E-state index in [0.717, 1.165) is 0 Å². The number of rotatable bonds is 12. The zero-order valence-electron chi connectivity index (χ0n) is 29.6. The molecule has 3 atom stereocenters. The largest absolute Gasteiger partial charge is 0.444 e. The van der Waals surface area contributed by atoms with Gasteiger partial charge in [-0.15, -0.1) is 0 Å². The third-order valence-corrected chi connectivity index (χ3v) is 16.0. The maximum Gasteiger partial charge on any atom is 0.408 e. The molecule has 0 radical (unpaired) electrons. The molecule has 2 amide bonds. The molecular weight excluding hydrogens is 632 g/mol. The Hall–Kier alpha value is -3.77. The van der Waals surface area contributed by atoms with Gasteiger partial charge in [-0.1, -0.05) is 142 Å². The van der Waals surface area contributed by atoms with E-state index in [1.165, 1.54) is 21.0 Å². The summed E-state index contributed by atoms with van der Waals surface area (Å²) in [4.78, 5) is 26.5. The van der Waals surface area contributed by atoms with E-state index in [2.05, 4.69) is 135 Å². The van der Waals surface area contributed by atoms with Crippen LogP contribution in [-0.2, 0) is 14.0 Å². The Morgan fingerprint density at radius 1 is 0.667 bits per heavy atom. The molecule has 0 fully saturated rings. The van der Waals surface area contributed by atoms with Crippen LogP contribution in [0.15, 0.2) is 121 Å². The van der Waals surface area contributed by atoms with E-state index in [-0.39, 0.29) is 23.1 Å². The first-order chi connectivity index (χ1) is 22.7. The summed E-state index contributed by atoms with van der Waals surface area (Å²) < 4.78 is 13.0. The Balaban J connectivity index is 1.78. The van der Waals surface area contributed by atoms with Crippen molar-refractivity contribution in [2.45, 2.75) is 84.2 Å². The van der Waals surface area contributed by atoms with Gasteiger partial charge in [-0.05, 0) is 74.7 Å². The van der Waals surface area contributed by atoms with E-state index in [4.69, 9.17) is 9.16 Å². The van der Waals surface area contributed by atoms with E-state index in [9.17, 15) is 9.59 Å². The average molecular weight is 683 g/mol. The summed E-state index contributed by atoms with van der Waals surface area (Å²) in [5.74, 6) is -0.292. The molecule has 0 aliphatic carbocycles. The highest BCUT2D eigenvalue weighted by Gasteiger charge is 2.52. The van der Waals surface area contributed by atoms with Gasteiger partial charge in [-0.25, -0.2) is 4.79 Å². The first kappa shape index (κ1) is 37.1. The molecule has 4 aromatic rings. The molecule has 0 aromatic heterocycles. The molecule has 2 N–H and O–H groups in total. The highest BCUT2D eigenvalue weighted by Crippen LogP contribution is 2.40. The van der Waals surface area contributed by atoms with E-state index in [0.29, 0.717) is 6.16 Å². The second-order valence-electron chi connectivity index (χ2n) is 14.3. The molecule has 4 rings (SSSR count). The van der Waals surface area contributed by atoms with Crippen LogP contribution in [0.25, 0.3) is 0 Å². The lowest BCUT2D eigenvalue weighted by Gasteiger charge is -2.46. The monoisotopic (exact) mass is 682 g/mol. The van der Waals surface area contributed by atoms with Crippen molar-refractivity contribution in [2.24, 2.45) is 0 Å². The van der Waals surface area contributed by atoms with Crippen molar-refractivity contribution in [3.63, 3.8) is 0 Å². The Morgan fingerprint density at radius 3 is 1.48 bits per heavy atom. The van der Waals surface area contributed by atoms with E-state index < -0.39 is 34.0 Å². The molecule has 0 heterocycles. The highest BCUT2D eigenvalue weighted by molar-refractivity contribution is 7.73. The SMILES string of the molecule is C[C@H](NC(=O)OC(C)(C)C)C(=O)N[C@@H](CP(c1ccccc1)c1ccccc1)[C@H](C)O[Si](c1ccccc1)(c1ccccc1)C(C)(C)C. The second kappa shape index (κ2) is 16.1. The minimum Gasteiger partial charge on any atom is -0.444 e. The van der Waals surface area contributed by atoms with E-state index >= 15 is 0 Å². The molecule has 0 bridgehead atoms. The zero-order chi connectivity index (χ0) is 35.0. The smallest absolute Gasteiger partial charge is 0.408 e. The van der Waals surface area contributed by atoms with Gasteiger partial charge in [0, 0.05) is 0 Å². The fourth-order valence-corrected chi connectivity index (χ4v) is 13.3. The van der Waals surface area contributed by atoms with Crippen molar-refractivity contribution in [1.29, 1.82) is 0 Å². The summed E-state index contributed by atoms with van der Waals surface area (Å²) in [5, 5.41) is 10.6. The summed E-state index contributed by atoms with van der Waals surface area (Å²) >= 11 is 0. The molecule has 0 spiro atoms. The third-order valence-electron chi connectivity index (χ3n) is 8.32. The molecule has 0 saturated heterocycles. The fraction of sp³-hybridized carbons (Fsp3) is 0.350. The maximum absolute atomic E-state index is 13.9. The summed E-state index contributed by atoms with van der Waals surface area (Å²) in [6.45, 7) is 15.9. The minimum absolute atomic E-state index is 0.242. The van der Waals surface area contributed by atoms with Crippen LogP contribution >= 0.6 is 7.92 Å². The summed E-state index contributed by atoms with van der Waals surface area (Å²) in [6, 6.07) is 40.9. The van der Waals surface area contributed by atoms with Gasteiger partial charge in [0.1, 0.15) is 11.6 Å². The van der Waals surface area contributed by atoms with Crippen LogP contribution < -0.4 is 31.6 Å². The second-order valence-corrected chi connectivity index (χ2v) is 20.8. The predicted octanol–water partition coefficient (Wildman–Crippen LogP) is 6.48. The fourth-order valence-electron chi connectivity index (χ4n) is 5.99. The minimum atomic E-state index is -2.95. The topological polar surface area (TPSA) is 76.7 Å². The summed E-state index contributed by atoms with van der Waals surface area (Å²) in [5.41, 5.74) is -0.678. The van der Waals surface area contributed by atoms with E-state index in [1.54, 1.807) is 27.7 Å².